The lowest BCUT2D eigenvalue weighted by Crippen LogP contribution is -2.15. The van der Waals surface area contributed by atoms with Crippen molar-refractivity contribution >= 4 is 27.1 Å². The standard InChI is InChI=1S/C13H13F2N3O2S/c1-7-12(4-8(16)5-13(7)21(17,19)20)18-9-2-3-10(14)11(15)6-9/h2-6,18H,16H2,1H3,(H2,17,19,20). The van der Waals surface area contributed by atoms with E-state index in [0.717, 1.165) is 12.1 Å². The molecule has 0 radical (unpaired) electrons. The Bertz CT molecular complexity index is 807. The van der Waals surface area contributed by atoms with E-state index in [0.29, 0.717) is 11.3 Å². The van der Waals surface area contributed by atoms with Crippen molar-refractivity contribution in [1.29, 1.82) is 0 Å². The van der Waals surface area contributed by atoms with E-state index in [4.69, 9.17) is 10.9 Å². The number of nitrogens with two attached hydrogens (primary N) is 2. The van der Waals surface area contributed by atoms with Crippen LogP contribution in [-0.4, -0.2) is 8.42 Å². The van der Waals surface area contributed by atoms with Crippen LogP contribution < -0.4 is 16.2 Å². The lowest BCUT2D eigenvalue weighted by Gasteiger charge is -2.14. The van der Waals surface area contributed by atoms with Gasteiger partial charge in [0.2, 0.25) is 10.0 Å². The van der Waals surface area contributed by atoms with Crippen LogP contribution in [-0.2, 0) is 10.0 Å². The van der Waals surface area contributed by atoms with Crippen LogP contribution in [0.3, 0.4) is 0 Å². The zero-order chi connectivity index (χ0) is 15.8. The van der Waals surface area contributed by atoms with Crippen LogP contribution in [0.2, 0.25) is 0 Å². The normalized spacial score (nSPS) is 11.4. The summed E-state index contributed by atoms with van der Waals surface area (Å²) in [6, 6.07) is 5.94. The third-order valence-electron chi connectivity index (χ3n) is 2.89. The molecule has 0 spiro atoms. The molecule has 2 rings (SSSR count). The average Bonchev–Trinajstić information content (AvgIpc) is 2.36. The summed E-state index contributed by atoms with van der Waals surface area (Å²) in [5, 5.41) is 7.90. The van der Waals surface area contributed by atoms with E-state index in [2.05, 4.69) is 5.32 Å². The number of nitrogen functional groups attached to an aromatic ring is 1. The highest BCUT2D eigenvalue weighted by Crippen LogP contribution is 2.29. The van der Waals surface area contributed by atoms with Gasteiger partial charge in [0.25, 0.3) is 0 Å². The molecule has 0 atom stereocenters. The number of hydrogen-bond donors (Lipinski definition) is 3. The van der Waals surface area contributed by atoms with Crippen LogP contribution in [0.15, 0.2) is 35.2 Å². The molecule has 5 nitrogen and oxygen atoms in total. The van der Waals surface area contributed by atoms with E-state index in [1.54, 1.807) is 0 Å². The molecule has 0 amide bonds. The minimum Gasteiger partial charge on any atom is -0.399 e. The highest BCUT2D eigenvalue weighted by Gasteiger charge is 2.16. The summed E-state index contributed by atoms with van der Waals surface area (Å²) in [6.07, 6.45) is 0. The number of benzene rings is 2. The first-order valence-electron chi connectivity index (χ1n) is 5.83. The lowest BCUT2D eigenvalue weighted by molar-refractivity contribution is 0.509. The van der Waals surface area contributed by atoms with Gasteiger partial charge in [-0.25, -0.2) is 22.3 Å². The zero-order valence-corrected chi connectivity index (χ0v) is 11.8. The van der Waals surface area contributed by atoms with Crippen LogP contribution >= 0.6 is 0 Å². The van der Waals surface area contributed by atoms with E-state index in [1.807, 2.05) is 0 Å². The minimum atomic E-state index is -3.94. The molecule has 0 aliphatic heterocycles. The van der Waals surface area contributed by atoms with Crippen LogP contribution in [0.5, 0.6) is 0 Å². The second kappa shape index (κ2) is 5.30. The number of rotatable bonds is 3. The SMILES string of the molecule is Cc1c(Nc2ccc(F)c(F)c2)cc(N)cc1S(N)(=O)=O. The van der Waals surface area contributed by atoms with Gasteiger partial charge in [0.05, 0.1) is 4.90 Å². The first kappa shape index (κ1) is 15.2. The summed E-state index contributed by atoms with van der Waals surface area (Å²) in [4.78, 5) is -0.132. The van der Waals surface area contributed by atoms with Crippen molar-refractivity contribution in [2.24, 2.45) is 5.14 Å². The molecule has 112 valence electrons. The van der Waals surface area contributed by atoms with Crippen molar-refractivity contribution in [1.82, 2.24) is 0 Å². The van der Waals surface area contributed by atoms with Gasteiger partial charge < -0.3 is 11.1 Å². The summed E-state index contributed by atoms with van der Waals surface area (Å²) >= 11 is 0. The third-order valence-corrected chi connectivity index (χ3v) is 3.92. The molecule has 2 aromatic carbocycles. The molecule has 21 heavy (non-hydrogen) atoms. The fourth-order valence-electron chi connectivity index (χ4n) is 1.86. The van der Waals surface area contributed by atoms with Gasteiger partial charge in [-0.2, -0.15) is 0 Å². The lowest BCUT2D eigenvalue weighted by atomic mass is 10.1. The molecule has 0 unspecified atom stereocenters. The monoisotopic (exact) mass is 313 g/mol. The summed E-state index contributed by atoms with van der Waals surface area (Å²) in [5.41, 5.74) is 6.74. The molecule has 5 N–H and O–H groups in total. The number of hydrogen-bond acceptors (Lipinski definition) is 4. The third kappa shape index (κ3) is 3.29. The largest absolute Gasteiger partial charge is 0.399 e. The Morgan fingerprint density at radius 3 is 2.33 bits per heavy atom. The molecule has 0 aliphatic rings. The van der Waals surface area contributed by atoms with Crippen LogP contribution in [0.1, 0.15) is 5.56 Å². The van der Waals surface area contributed by atoms with Gasteiger partial charge in [-0.1, -0.05) is 0 Å². The van der Waals surface area contributed by atoms with Gasteiger partial charge in [0.15, 0.2) is 11.6 Å². The highest BCUT2D eigenvalue weighted by atomic mass is 32.2. The number of anilines is 3. The Labute approximate surface area is 120 Å². The fourth-order valence-corrected chi connectivity index (χ4v) is 2.70. The van der Waals surface area contributed by atoms with E-state index in [-0.39, 0.29) is 16.3 Å². The number of primary sulfonamides is 1. The Morgan fingerprint density at radius 2 is 1.76 bits per heavy atom. The number of nitrogens with one attached hydrogen (secondary N) is 1. The van der Waals surface area contributed by atoms with E-state index in [9.17, 15) is 17.2 Å². The Morgan fingerprint density at radius 1 is 1.10 bits per heavy atom. The molecular formula is C13H13F2N3O2S. The summed E-state index contributed by atoms with van der Waals surface area (Å²) in [6.45, 7) is 1.53. The maximum absolute atomic E-state index is 13.2. The van der Waals surface area contributed by atoms with Crippen molar-refractivity contribution in [3.05, 3.63) is 47.5 Å². The van der Waals surface area contributed by atoms with Gasteiger partial charge in [-0.15, -0.1) is 0 Å². The van der Waals surface area contributed by atoms with E-state index < -0.39 is 21.7 Å². The topological polar surface area (TPSA) is 98.2 Å². The molecule has 0 aromatic heterocycles. The van der Waals surface area contributed by atoms with E-state index >= 15 is 0 Å². The Balaban J connectivity index is 2.49. The van der Waals surface area contributed by atoms with Gasteiger partial charge in [-0.05, 0) is 36.8 Å². The maximum atomic E-state index is 13.2. The maximum Gasteiger partial charge on any atom is 0.238 e. The summed E-state index contributed by atoms with van der Waals surface area (Å²) in [7, 11) is -3.94. The van der Waals surface area contributed by atoms with Crippen molar-refractivity contribution in [2.45, 2.75) is 11.8 Å². The second-order valence-electron chi connectivity index (χ2n) is 4.49. The molecule has 2 aromatic rings. The second-order valence-corrected chi connectivity index (χ2v) is 6.02. The van der Waals surface area contributed by atoms with Crippen molar-refractivity contribution < 1.29 is 17.2 Å². The zero-order valence-electron chi connectivity index (χ0n) is 11.0. The molecule has 8 heteroatoms. The molecular weight excluding hydrogens is 300 g/mol. The van der Waals surface area contributed by atoms with Crippen LogP contribution in [0.4, 0.5) is 25.8 Å². The molecule has 0 aliphatic carbocycles. The molecule has 0 bridgehead atoms. The van der Waals surface area contributed by atoms with Gasteiger partial charge in [0.1, 0.15) is 0 Å². The van der Waals surface area contributed by atoms with Gasteiger partial charge >= 0.3 is 0 Å². The number of sulfonamides is 1. The predicted octanol–water partition coefficient (Wildman–Crippen LogP) is 2.25. The Kier molecular flexibility index (Phi) is 3.84. The van der Waals surface area contributed by atoms with Gasteiger partial charge in [-0.3, -0.25) is 0 Å². The summed E-state index contributed by atoms with van der Waals surface area (Å²) in [5.74, 6) is -2.00. The Hall–Kier alpha value is -2.19. The summed E-state index contributed by atoms with van der Waals surface area (Å²) < 4.78 is 49.0. The van der Waals surface area contributed by atoms with Crippen molar-refractivity contribution in [2.75, 3.05) is 11.1 Å². The van der Waals surface area contributed by atoms with E-state index in [1.165, 1.54) is 25.1 Å². The molecule has 0 fully saturated rings. The molecule has 0 saturated heterocycles. The average molecular weight is 313 g/mol. The van der Waals surface area contributed by atoms with Gasteiger partial charge in [0, 0.05) is 23.1 Å². The highest BCUT2D eigenvalue weighted by molar-refractivity contribution is 7.89. The van der Waals surface area contributed by atoms with Crippen LogP contribution in [0.25, 0.3) is 0 Å². The minimum absolute atomic E-state index is 0.132. The first-order chi connectivity index (χ1) is 9.68. The fraction of sp³-hybridized carbons (Fsp3) is 0.0769. The van der Waals surface area contributed by atoms with Crippen molar-refractivity contribution in [3.63, 3.8) is 0 Å². The van der Waals surface area contributed by atoms with Crippen molar-refractivity contribution in [3.8, 4) is 0 Å². The quantitative estimate of drug-likeness (QED) is 0.757. The molecule has 0 saturated carbocycles. The molecule has 0 heterocycles. The first-order valence-corrected chi connectivity index (χ1v) is 7.38. The van der Waals surface area contributed by atoms with Crippen LogP contribution in [0, 0.1) is 18.6 Å². The number of halogens is 2. The predicted molar refractivity (Wildman–Crippen MR) is 76.6 cm³/mol. The smallest absolute Gasteiger partial charge is 0.238 e.